The fourth-order valence-corrected chi connectivity index (χ4v) is 3.36. The molecule has 0 aliphatic heterocycles. The van der Waals surface area contributed by atoms with E-state index in [9.17, 15) is 9.18 Å². The maximum absolute atomic E-state index is 13.6. The molecule has 1 aliphatic rings. The molecule has 0 saturated carbocycles. The van der Waals surface area contributed by atoms with Crippen LogP contribution in [0.25, 0.3) is 11.2 Å². The Hall–Kier alpha value is -2.97. The molecule has 2 heterocycles. The van der Waals surface area contributed by atoms with Gasteiger partial charge in [0.2, 0.25) is 0 Å². The molecule has 3 N–H and O–H groups in total. The number of aromatic amines is 1. The third-order valence-corrected chi connectivity index (χ3v) is 4.64. The summed E-state index contributed by atoms with van der Waals surface area (Å²) in [4.78, 5) is 27.8. The van der Waals surface area contributed by atoms with E-state index in [1.54, 1.807) is 18.5 Å². The summed E-state index contributed by atoms with van der Waals surface area (Å²) in [6.07, 6.45) is 7.93. The van der Waals surface area contributed by atoms with Crippen LogP contribution in [0.15, 0.2) is 36.7 Å². The quantitative estimate of drug-likeness (QED) is 0.680. The van der Waals surface area contributed by atoms with E-state index < -0.39 is 11.7 Å². The first kappa shape index (κ1) is 20.8. The number of anilines is 1. The molecular weight excluding hydrogens is 375 g/mol. The summed E-state index contributed by atoms with van der Waals surface area (Å²) >= 11 is 0. The predicted octanol–water partition coefficient (Wildman–Crippen LogP) is 3.72. The first-order valence-electron chi connectivity index (χ1n) is 9.66. The van der Waals surface area contributed by atoms with E-state index >= 15 is 0 Å². The van der Waals surface area contributed by atoms with Gasteiger partial charge in [-0.2, -0.15) is 0 Å². The van der Waals surface area contributed by atoms with Crippen LogP contribution in [0, 0.1) is 11.8 Å². The molecule has 1 aliphatic carbocycles. The Morgan fingerprint density at radius 3 is 2.86 bits per heavy atom. The standard InChI is InChI=1S/C20H27FN6O2/c1-12-9-13(21)5-6-14(12)15(27-19(28)29-20(2,3)4)7-8-22-17-16-18(24-10-23-16)26-11-25-17/h5-6,9-12,14-15H,7-8H2,1-4H3,(H,27,28)(H2,22,23,24,25,26). The van der Waals surface area contributed by atoms with Gasteiger partial charge >= 0.3 is 6.09 Å². The van der Waals surface area contributed by atoms with Gasteiger partial charge in [-0.05, 0) is 45.3 Å². The van der Waals surface area contributed by atoms with Crippen LogP contribution in [-0.4, -0.2) is 44.2 Å². The Kier molecular flexibility index (Phi) is 6.14. The van der Waals surface area contributed by atoms with E-state index in [1.807, 2.05) is 27.7 Å². The average Bonchev–Trinajstić information content (AvgIpc) is 3.09. The summed E-state index contributed by atoms with van der Waals surface area (Å²) in [6, 6.07) is -0.243. The van der Waals surface area contributed by atoms with Gasteiger partial charge in [0.25, 0.3) is 0 Å². The van der Waals surface area contributed by atoms with E-state index in [0.29, 0.717) is 24.4 Å². The lowest BCUT2D eigenvalue weighted by Crippen LogP contribution is -2.45. The first-order valence-corrected chi connectivity index (χ1v) is 9.66. The van der Waals surface area contributed by atoms with Crippen LogP contribution in [-0.2, 0) is 4.74 Å². The number of alkyl carbamates (subject to hydrolysis) is 1. The maximum Gasteiger partial charge on any atom is 0.407 e. The Bertz CT molecular complexity index is 917. The number of halogens is 1. The number of nitrogens with one attached hydrogen (secondary N) is 3. The molecule has 0 saturated heterocycles. The molecule has 3 atom stereocenters. The molecule has 156 valence electrons. The minimum absolute atomic E-state index is 0.0543. The Labute approximate surface area is 169 Å². The predicted molar refractivity (Wildman–Crippen MR) is 109 cm³/mol. The van der Waals surface area contributed by atoms with E-state index in [0.717, 1.165) is 5.52 Å². The smallest absolute Gasteiger partial charge is 0.407 e. The molecule has 0 aromatic carbocycles. The van der Waals surface area contributed by atoms with Gasteiger partial charge in [0, 0.05) is 18.5 Å². The van der Waals surface area contributed by atoms with Crippen molar-refractivity contribution in [1.29, 1.82) is 0 Å². The number of hydrogen-bond acceptors (Lipinski definition) is 6. The van der Waals surface area contributed by atoms with Gasteiger partial charge < -0.3 is 20.4 Å². The second-order valence-electron chi connectivity index (χ2n) is 8.14. The second-order valence-corrected chi connectivity index (χ2v) is 8.14. The molecule has 0 radical (unpaired) electrons. The molecule has 1 amide bonds. The number of imidazole rings is 1. The van der Waals surface area contributed by atoms with Crippen LogP contribution >= 0.6 is 0 Å². The summed E-state index contributed by atoms with van der Waals surface area (Å²) in [5, 5.41) is 6.21. The number of hydrogen-bond donors (Lipinski definition) is 3. The van der Waals surface area contributed by atoms with Crippen molar-refractivity contribution >= 4 is 23.1 Å². The van der Waals surface area contributed by atoms with Crippen LogP contribution in [0.1, 0.15) is 34.1 Å². The van der Waals surface area contributed by atoms with Gasteiger partial charge in [-0.15, -0.1) is 0 Å². The highest BCUT2D eigenvalue weighted by Gasteiger charge is 2.29. The molecule has 3 unspecified atom stereocenters. The number of rotatable bonds is 6. The van der Waals surface area contributed by atoms with Crippen LogP contribution in [0.4, 0.5) is 15.0 Å². The van der Waals surface area contributed by atoms with Gasteiger partial charge in [-0.25, -0.2) is 24.1 Å². The maximum atomic E-state index is 13.6. The molecule has 9 heteroatoms. The fourth-order valence-electron chi connectivity index (χ4n) is 3.36. The first-order chi connectivity index (χ1) is 13.7. The van der Waals surface area contributed by atoms with Gasteiger partial charge in [0.15, 0.2) is 11.5 Å². The number of H-pyrrole nitrogens is 1. The van der Waals surface area contributed by atoms with Crippen molar-refractivity contribution in [2.45, 2.75) is 45.8 Å². The molecule has 2 aromatic rings. The third kappa shape index (κ3) is 5.52. The van der Waals surface area contributed by atoms with Crippen LogP contribution in [0.3, 0.4) is 0 Å². The van der Waals surface area contributed by atoms with Crippen molar-refractivity contribution in [2.75, 3.05) is 11.9 Å². The molecule has 0 fully saturated rings. The van der Waals surface area contributed by atoms with E-state index in [1.165, 1.54) is 12.4 Å². The van der Waals surface area contributed by atoms with Crippen LogP contribution in [0.5, 0.6) is 0 Å². The number of amides is 1. The van der Waals surface area contributed by atoms with Gasteiger partial charge in [0.05, 0.1) is 6.33 Å². The number of ether oxygens (including phenoxy) is 1. The van der Waals surface area contributed by atoms with Gasteiger partial charge in [-0.3, -0.25) is 0 Å². The molecule has 0 bridgehead atoms. The minimum atomic E-state index is -0.597. The van der Waals surface area contributed by atoms with Crippen molar-refractivity contribution in [2.24, 2.45) is 11.8 Å². The Morgan fingerprint density at radius 1 is 1.34 bits per heavy atom. The molecule has 29 heavy (non-hydrogen) atoms. The highest BCUT2D eigenvalue weighted by molar-refractivity contribution is 5.81. The number of allylic oxidation sites excluding steroid dienone is 3. The fraction of sp³-hybridized carbons (Fsp3) is 0.500. The Morgan fingerprint density at radius 2 is 2.14 bits per heavy atom. The van der Waals surface area contributed by atoms with Crippen LogP contribution in [0.2, 0.25) is 0 Å². The number of nitrogens with zero attached hydrogens (tertiary/aromatic N) is 3. The summed E-state index contributed by atoms with van der Waals surface area (Å²) in [7, 11) is 0. The summed E-state index contributed by atoms with van der Waals surface area (Å²) in [5.74, 6) is 0.270. The zero-order chi connectivity index (χ0) is 21.0. The SMILES string of the molecule is CC1C=C(F)C=CC1C(CCNc1ncnc2nc[nH]c12)NC(=O)OC(C)(C)C. The van der Waals surface area contributed by atoms with E-state index in [2.05, 4.69) is 30.6 Å². The van der Waals surface area contributed by atoms with Gasteiger partial charge in [-0.1, -0.05) is 13.0 Å². The van der Waals surface area contributed by atoms with Crippen molar-refractivity contribution in [3.63, 3.8) is 0 Å². The lowest BCUT2D eigenvalue weighted by atomic mass is 9.82. The zero-order valence-corrected chi connectivity index (χ0v) is 17.1. The molecule has 3 rings (SSSR count). The number of carbonyl (C=O) groups is 1. The molecule has 2 aromatic heterocycles. The van der Waals surface area contributed by atoms with Crippen molar-refractivity contribution in [1.82, 2.24) is 25.3 Å². The molecular formula is C20H27FN6O2. The zero-order valence-electron chi connectivity index (χ0n) is 17.1. The number of aromatic nitrogens is 4. The highest BCUT2D eigenvalue weighted by atomic mass is 19.1. The molecule has 8 nitrogen and oxygen atoms in total. The van der Waals surface area contributed by atoms with E-state index in [4.69, 9.17) is 4.74 Å². The lowest BCUT2D eigenvalue weighted by Gasteiger charge is -2.31. The van der Waals surface area contributed by atoms with Crippen molar-refractivity contribution in [3.05, 3.63) is 36.7 Å². The second kappa shape index (κ2) is 8.59. The van der Waals surface area contributed by atoms with Gasteiger partial charge in [0.1, 0.15) is 23.3 Å². The Balaban J connectivity index is 1.68. The minimum Gasteiger partial charge on any atom is -0.444 e. The lowest BCUT2D eigenvalue weighted by molar-refractivity contribution is 0.0485. The largest absolute Gasteiger partial charge is 0.444 e. The monoisotopic (exact) mass is 402 g/mol. The summed E-state index contributed by atoms with van der Waals surface area (Å²) < 4.78 is 19.0. The third-order valence-electron chi connectivity index (χ3n) is 4.64. The van der Waals surface area contributed by atoms with Crippen molar-refractivity contribution < 1.29 is 13.9 Å². The van der Waals surface area contributed by atoms with Crippen LogP contribution < -0.4 is 10.6 Å². The normalized spacial score (nSPS) is 20.2. The summed E-state index contributed by atoms with van der Waals surface area (Å²) in [5.41, 5.74) is 0.704. The summed E-state index contributed by atoms with van der Waals surface area (Å²) in [6.45, 7) is 7.91. The topological polar surface area (TPSA) is 105 Å². The van der Waals surface area contributed by atoms with Crippen molar-refractivity contribution in [3.8, 4) is 0 Å². The van der Waals surface area contributed by atoms with E-state index in [-0.39, 0.29) is 23.7 Å². The number of fused-ring (bicyclic) bond motifs is 1. The average molecular weight is 402 g/mol. The molecule has 0 spiro atoms. The highest BCUT2D eigenvalue weighted by Crippen LogP contribution is 2.28. The number of carbonyl (C=O) groups excluding carboxylic acids is 1.